The largest absolute Gasteiger partial charge is 0.497 e. The maximum Gasteiger partial charge on any atom is 0.246 e. The molecule has 120 valence electrons. The second-order valence-electron chi connectivity index (χ2n) is 5.52. The molecule has 2 aromatic heterocycles. The average Bonchev–Trinajstić information content (AvgIpc) is 3.14. The van der Waals surface area contributed by atoms with Crippen molar-refractivity contribution in [1.82, 2.24) is 14.8 Å². The minimum atomic E-state index is -0.121. The predicted molar refractivity (Wildman–Crippen MR) is 91.1 cm³/mol. The molecule has 0 bridgehead atoms. The standard InChI is InChI=1S/C16H18N4O2S/c1-10(2)15-18-19-16(23-15)17-14(21)9-20-7-6-11-8-12(22-3)4-5-13(11)20/h4-8,10H,9H2,1-3H3,(H,17,19,21). The minimum Gasteiger partial charge on any atom is -0.497 e. The van der Waals surface area contributed by atoms with Crippen LogP contribution in [0.3, 0.4) is 0 Å². The Morgan fingerprint density at radius 3 is 2.87 bits per heavy atom. The third-order valence-electron chi connectivity index (χ3n) is 3.47. The van der Waals surface area contributed by atoms with Crippen LogP contribution in [0.25, 0.3) is 10.9 Å². The number of methoxy groups -OCH3 is 1. The average molecular weight is 330 g/mol. The third-order valence-corrected chi connectivity index (χ3v) is 4.61. The lowest BCUT2D eigenvalue weighted by Gasteiger charge is -2.06. The van der Waals surface area contributed by atoms with Gasteiger partial charge in [0.25, 0.3) is 0 Å². The van der Waals surface area contributed by atoms with Crippen LogP contribution in [0.5, 0.6) is 5.75 Å². The van der Waals surface area contributed by atoms with Crippen molar-refractivity contribution >= 4 is 33.3 Å². The first kappa shape index (κ1) is 15.5. The molecule has 0 aliphatic rings. The molecule has 0 aliphatic heterocycles. The summed E-state index contributed by atoms with van der Waals surface area (Å²) in [7, 11) is 1.64. The van der Waals surface area contributed by atoms with Crippen molar-refractivity contribution in [3.05, 3.63) is 35.5 Å². The van der Waals surface area contributed by atoms with Gasteiger partial charge in [-0.05, 0) is 24.3 Å². The van der Waals surface area contributed by atoms with Crippen molar-refractivity contribution < 1.29 is 9.53 Å². The Balaban J connectivity index is 1.72. The zero-order valence-corrected chi connectivity index (χ0v) is 14.1. The third kappa shape index (κ3) is 3.34. The Morgan fingerprint density at radius 2 is 2.17 bits per heavy atom. The van der Waals surface area contributed by atoms with Crippen molar-refractivity contribution in [3.63, 3.8) is 0 Å². The molecule has 2 heterocycles. The number of fused-ring (bicyclic) bond motifs is 1. The van der Waals surface area contributed by atoms with Gasteiger partial charge in [-0.25, -0.2) is 0 Å². The second-order valence-corrected chi connectivity index (χ2v) is 6.53. The number of anilines is 1. The van der Waals surface area contributed by atoms with Gasteiger partial charge in [0.2, 0.25) is 11.0 Å². The van der Waals surface area contributed by atoms with E-state index in [4.69, 9.17) is 4.74 Å². The number of aromatic nitrogens is 3. The van der Waals surface area contributed by atoms with Gasteiger partial charge in [-0.3, -0.25) is 10.1 Å². The van der Waals surface area contributed by atoms with Crippen molar-refractivity contribution in [3.8, 4) is 5.75 Å². The van der Waals surface area contributed by atoms with E-state index in [1.807, 2.05) is 48.9 Å². The van der Waals surface area contributed by atoms with Crippen LogP contribution in [0.4, 0.5) is 5.13 Å². The summed E-state index contributed by atoms with van der Waals surface area (Å²) in [4.78, 5) is 12.2. The zero-order chi connectivity index (χ0) is 16.4. The maximum absolute atomic E-state index is 12.2. The van der Waals surface area contributed by atoms with Gasteiger partial charge in [-0.2, -0.15) is 0 Å². The fourth-order valence-corrected chi connectivity index (χ4v) is 3.04. The monoisotopic (exact) mass is 330 g/mol. The maximum atomic E-state index is 12.2. The van der Waals surface area contributed by atoms with E-state index in [0.29, 0.717) is 11.0 Å². The zero-order valence-electron chi connectivity index (χ0n) is 13.2. The number of hydrogen-bond acceptors (Lipinski definition) is 5. The molecule has 0 atom stereocenters. The fraction of sp³-hybridized carbons (Fsp3) is 0.312. The first-order valence-corrected chi connectivity index (χ1v) is 8.14. The van der Waals surface area contributed by atoms with Crippen LogP contribution < -0.4 is 10.1 Å². The highest BCUT2D eigenvalue weighted by atomic mass is 32.1. The predicted octanol–water partition coefficient (Wildman–Crippen LogP) is 3.26. The Labute approximate surface area is 138 Å². The molecule has 0 aliphatic carbocycles. The van der Waals surface area contributed by atoms with Gasteiger partial charge in [0.1, 0.15) is 17.3 Å². The van der Waals surface area contributed by atoms with Crippen LogP contribution in [0.2, 0.25) is 0 Å². The van der Waals surface area contributed by atoms with Crippen LogP contribution in [0.15, 0.2) is 30.5 Å². The van der Waals surface area contributed by atoms with Crippen LogP contribution in [-0.4, -0.2) is 27.8 Å². The highest BCUT2D eigenvalue weighted by Gasteiger charge is 2.12. The van der Waals surface area contributed by atoms with Gasteiger partial charge < -0.3 is 9.30 Å². The molecule has 23 heavy (non-hydrogen) atoms. The Kier molecular flexibility index (Phi) is 4.29. The molecule has 3 aromatic rings. The topological polar surface area (TPSA) is 69.0 Å². The van der Waals surface area contributed by atoms with E-state index in [1.54, 1.807) is 7.11 Å². The molecule has 0 saturated carbocycles. The number of ether oxygens (including phenoxy) is 1. The van der Waals surface area contributed by atoms with E-state index < -0.39 is 0 Å². The molecule has 0 unspecified atom stereocenters. The lowest BCUT2D eigenvalue weighted by Crippen LogP contribution is -2.18. The van der Waals surface area contributed by atoms with Crippen molar-refractivity contribution in [1.29, 1.82) is 0 Å². The molecule has 6 nitrogen and oxygen atoms in total. The first-order chi connectivity index (χ1) is 11.1. The van der Waals surface area contributed by atoms with Gasteiger partial charge in [-0.1, -0.05) is 25.2 Å². The Hall–Kier alpha value is -2.41. The lowest BCUT2D eigenvalue weighted by molar-refractivity contribution is -0.116. The molecular weight excluding hydrogens is 312 g/mol. The molecule has 3 rings (SSSR count). The van der Waals surface area contributed by atoms with E-state index in [0.717, 1.165) is 21.7 Å². The molecule has 7 heteroatoms. The number of carbonyl (C=O) groups excluding carboxylic acids is 1. The molecule has 0 spiro atoms. The van der Waals surface area contributed by atoms with Crippen LogP contribution in [0.1, 0.15) is 24.8 Å². The number of amides is 1. The number of nitrogens with zero attached hydrogens (tertiary/aromatic N) is 3. The quantitative estimate of drug-likeness (QED) is 0.779. The summed E-state index contributed by atoms with van der Waals surface area (Å²) in [5.74, 6) is 0.987. The number of hydrogen-bond donors (Lipinski definition) is 1. The minimum absolute atomic E-state index is 0.121. The van der Waals surface area contributed by atoms with Crippen LogP contribution in [0, 0.1) is 0 Å². The number of benzene rings is 1. The summed E-state index contributed by atoms with van der Waals surface area (Å²) < 4.78 is 7.11. The van der Waals surface area contributed by atoms with Crippen LogP contribution in [-0.2, 0) is 11.3 Å². The summed E-state index contributed by atoms with van der Waals surface area (Å²) >= 11 is 1.41. The molecule has 1 amide bonds. The molecule has 0 fully saturated rings. The summed E-state index contributed by atoms with van der Waals surface area (Å²) in [6.07, 6.45) is 1.89. The van der Waals surface area contributed by atoms with Gasteiger partial charge in [0.05, 0.1) is 7.11 Å². The lowest BCUT2D eigenvalue weighted by atomic mass is 10.2. The van der Waals surface area contributed by atoms with Crippen molar-refractivity contribution in [2.45, 2.75) is 26.3 Å². The van der Waals surface area contributed by atoms with E-state index in [2.05, 4.69) is 15.5 Å². The Morgan fingerprint density at radius 1 is 1.35 bits per heavy atom. The molecule has 0 saturated heterocycles. The first-order valence-electron chi connectivity index (χ1n) is 7.33. The number of rotatable bonds is 5. The van der Waals surface area contributed by atoms with Gasteiger partial charge in [-0.15, -0.1) is 10.2 Å². The van der Waals surface area contributed by atoms with Crippen molar-refractivity contribution in [2.75, 3.05) is 12.4 Å². The molecule has 1 aromatic carbocycles. The van der Waals surface area contributed by atoms with E-state index >= 15 is 0 Å². The highest BCUT2D eigenvalue weighted by Crippen LogP contribution is 2.23. The smallest absolute Gasteiger partial charge is 0.246 e. The highest BCUT2D eigenvalue weighted by molar-refractivity contribution is 7.15. The summed E-state index contributed by atoms with van der Waals surface area (Å²) in [5.41, 5.74) is 0.987. The fourth-order valence-electron chi connectivity index (χ4n) is 2.27. The van der Waals surface area contributed by atoms with E-state index in [9.17, 15) is 4.79 Å². The molecule has 1 N–H and O–H groups in total. The SMILES string of the molecule is COc1ccc2c(ccn2CC(=O)Nc2nnc(C(C)C)s2)c1. The normalized spacial score (nSPS) is 11.1. The summed E-state index contributed by atoms with van der Waals surface area (Å²) in [6, 6.07) is 7.75. The van der Waals surface area contributed by atoms with E-state index in [1.165, 1.54) is 11.3 Å². The van der Waals surface area contributed by atoms with Crippen molar-refractivity contribution in [2.24, 2.45) is 0 Å². The van der Waals surface area contributed by atoms with Gasteiger partial charge in [0.15, 0.2) is 0 Å². The molecular formula is C16H18N4O2S. The molecule has 0 radical (unpaired) electrons. The van der Waals surface area contributed by atoms with Crippen LogP contribution >= 0.6 is 11.3 Å². The number of carbonyl (C=O) groups is 1. The summed E-state index contributed by atoms with van der Waals surface area (Å²) in [5, 5.41) is 13.4. The van der Waals surface area contributed by atoms with E-state index in [-0.39, 0.29) is 12.5 Å². The van der Waals surface area contributed by atoms with Gasteiger partial charge >= 0.3 is 0 Å². The summed E-state index contributed by atoms with van der Waals surface area (Å²) in [6.45, 7) is 4.32. The Bertz CT molecular complexity index is 838. The second kappa shape index (κ2) is 6.37. The number of nitrogens with one attached hydrogen (secondary N) is 1. The van der Waals surface area contributed by atoms with Gasteiger partial charge in [0, 0.05) is 23.0 Å².